The van der Waals surface area contributed by atoms with Gasteiger partial charge >= 0.3 is 0 Å². The molecule has 4 nitrogen and oxygen atoms in total. The summed E-state index contributed by atoms with van der Waals surface area (Å²) in [5.74, 6) is 0.300. The Morgan fingerprint density at radius 2 is 1.83 bits per heavy atom. The predicted molar refractivity (Wildman–Crippen MR) is 96.8 cm³/mol. The van der Waals surface area contributed by atoms with E-state index in [0.29, 0.717) is 18.3 Å². The van der Waals surface area contributed by atoms with Crippen molar-refractivity contribution in [3.8, 4) is 5.75 Å². The molecule has 2 aromatic rings. The third kappa shape index (κ3) is 4.34. The molecule has 1 N–H and O–H groups in total. The van der Waals surface area contributed by atoms with Crippen LogP contribution < -0.4 is 0 Å². The van der Waals surface area contributed by atoms with Crippen LogP contribution in [0.15, 0.2) is 42.5 Å². The second-order valence-corrected chi connectivity index (χ2v) is 6.83. The number of pyridine rings is 1. The van der Waals surface area contributed by atoms with Gasteiger partial charge in [-0.3, -0.25) is 14.8 Å². The topological polar surface area (TPSA) is 39.6 Å². The smallest absolute Gasteiger partial charge is 0.138 e. The number of hydrogen-bond acceptors (Lipinski definition) is 4. The van der Waals surface area contributed by atoms with E-state index in [1.807, 2.05) is 13.0 Å². The van der Waals surface area contributed by atoms with Gasteiger partial charge in [-0.25, -0.2) is 0 Å². The molecule has 1 aromatic carbocycles. The number of aromatic nitrogens is 1. The zero-order valence-electron chi connectivity index (χ0n) is 14.7. The molecule has 0 bridgehead atoms. The molecule has 24 heavy (non-hydrogen) atoms. The lowest BCUT2D eigenvalue weighted by atomic mass is 10.0. The molecule has 3 rings (SSSR count). The van der Waals surface area contributed by atoms with Crippen molar-refractivity contribution in [3.05, 3.63) is 59.4 Å². The molecule has 0 saturated carbocycles. The lowest BCUT2D eigenvalue weighted by Gasteiger charge is -2.36. The maximum absolute atomic E-state index is 9.99. The summed E-state index contributed by atoms with van der Waals surface area (Å²) in [5.41, 5.74) is 3.12. The monoisotopic (exact) mass is 325 g/mol. The van der Waals surface area contributed by atoms with Gasteiger partial charge in [0, 0.05) is 24.8 Å². The molecule has 1 saturated heterocycles. The number of rotatable bonds is 5. The largest absolute Gasteiger partial charge is 0.506 e. The zero-order chi connectivity index (χ0) is 16.9. The Kier molecular flexibility index (Phi) is 5.48. The molecule has 2 heterocycles. The first-order chi connectivity index (χ1) is 11.6. The quantitative estimate of drug-likeness (QED) is 0.916. The van der Waals surface area contributed by atoms with Crippen LogP contribution in [0.4, 0.5) is 0 Å². The lowest BCUT2D eigenvalue weighted by molar-refractivity contribution is 0.117. The van der Waals surface area contributed by atoms with Crippen LogP contribution in [0.2, 0.25) is 0 Å². The maximum Gasteiger partial charge on any atom is 0.138 e. The fourth-order valence-electron chi connectivity index (χ4n) is 3.44. The first-order valence-corrected chi connectivity index (χ1v) is 8.74. The molecule has 128 valence electrons. The van der Waals surface area contributed by atoms with Crippen molar-refractivity contribution in [1.82, 2.24) is 14.8 Å². The van der Waals surface area contributed by atoms with Crippen LogP contribution in [-0.4, -0.2) is 46.1 Å². The van der Waals surface area contributed by atoms with Crippen LogP contribution in [-0.2, 0) is 13.1 Å². The van der Waals surface area contributed by atoms with Crippen LogP contribution in [0, 0.1) is 6.92 Å². The van der Waals surface area contributed by atoms with E-state index in [1.54, 1.807) is 6.07 Å². The number of aromatic hydroxyl groups is 1. The van der Waals surface area contributed by atoms with Crippen LogP contribution in [0.1, 0.15) is 29.8 Å². The summed E-state index contributed by atoms with van der Waals surface area (Å²) in [7, 11) is 2.14. The average molecular weight is 325 g/mol. The highest BCUT2D eigenvalue weighted by atomic mass is 16.3. The molecule has 4 heteroatoms. The highest BCUT2D eigenvalue weighted by molar-refractivity contribution is 5.27. The Balaban J connectivity index is 1.51. The molecule has 0 amide bonds. The fourth-order valence-corrected chi connectivity index (χ4v) is 3.44. The molecule has 0 unspecified atom stereocenters. The molecule has 1 fully saturated rings. The van der Waals surface area contributed by atoms with Gasteiger partial charge < -0.3 is 5.11 Å². The molecule has 1 aromatic heterocycles. The van der Waals surface area contributed by atoms with Gasteiger partial charge in [0.15, 0.2) is 0 Å². The van der Waals surface area contributed by atoms with E-state index < -0.39 is 0 Å². The Labute approximate surface area is 144 Å². The van der Waals surface area contributed by atoms with Crippen LogP contribution in [0.3, 0.4) is 0 Å². The first kappa shape index (κ1) is 16.9. The molecule has 0 atom stereocenters. The number of likely N-dealkylation sites (tertiary alicyclic amines) is 1. The van der Waals surface area contributed by atoms with Gasteiger partial charge in [-0.2, -0.15) is 0 Å². The Hall–Kier alpha value is -1.91. The highest BCUT2D eigenvalue weighted by Crippen LogP contribution is 2.22. The van der Waals surface area contributed by atoms with Crippen molar-refractivity contribution in [2.75, 3.05) is 20.1 Å². The summed E-state index contributed by atoms with van der Waals surface area (Å²) in [6.07, 6.45) is 2.33. The number of piperidine rings is 1. The second-order valence-electron chi connectivity index (χ2n) is 6.83. The molecule has 0 spiro atoms. The Bertz CT molecular complexity index is 651. The summed E-state index contributed by atoms with van der Waals surface area (Å²) in [6, 6.07) is 14.8. The van der Waals surface area contributed by atoms with Gasteiger partial charge in [0.2, 0.25) is 0 Å². The second kappa shape index (κ2) is 7.77. The normalized spacial score (nSPS) is 16.6. The van der Waals surface area contributed by atoms with Gasteiger partial charge in [0.25, 0.3) is 0 Å². The zero-order valence-corrected chi connectivity index (χ0v) is 14.7. The minimum absolute atomic E-state index is 0.300. The minimum Gasteiger partial charge on any atom is -0.506 e. The molecule has 1 aliphatic rings. The van der Waals surface area contributed by atoms with Gasteiger partial charge in [-0.15, -0.1) is 0 Å². The fraction of sp³-hybridized carbons (Fsp3) is 0.450. The van der Waals surface area contributed by atoms with Crippen molar-refractivity contribution >= 4 is 0 Å². The van der Waals surface area contributed by atoms with Crippen molar-refractivity contribution in [2.24, 2.45) is 0 Å². The summed E-state index contributed by atoms with van der Waals surface area (Å²) >= 11 is 0. The van der Waals surface area contributed by atoms with E-state index in [2.05, 4.69) is 52.2 Å². The SMILES string of the molecule is Cc1ccc(O)c(CN(C)C2CCN(Cc3ccccc3)CC2)n1. The number of benzene rings is 1. The van der Waals surface area contributed by atoms with E-state index in [1.165, 1.54) is 5.56 Å². The lowest BCUT2D eigenvalue weighted by Crippen LogP contribution is -2.42. The number of nitrogens with zero attached hydrogens (tertiary/aromatic N) is 3. The van der Waals surface area contributed by atoms with Gasteiger partial charge in [0.05, 0.1) is 5.69 Å². The van der Waals surface area contributed by atoms with Crippen LogP contribution >= 0.6 is 0 Å². The van der Waals surface area contributed by atoms with Crippen LogP contribution in [0.25, 0.3) is 0 Å². The number of hydrogen-bond donors (Lipinski definition) is 1. The molecular formula is C20H27N3O. The van der Waals surface area contributed by atoms with Crippen molar-refractivity contribution in [1.29, 1.82) is 0 Å². The molecule has 1 aliphatic heterocycles. The van der Waals surface area contributed by atoms with E-state index in [9.17, 15) is 5.11 Å². The van der Waals surface area contributed by atoms with Crippen molar-refractivity contribution in [2.45, 2.75) is 38.9 Å². The van der Waals surface area contributed by atoms with Crippen LogP contribution in [0.5, 0.6) is 5.75 Å². The third-order valence-corrected chi connectivity index (χ3v) is 4.92. The van der Waals surface area contributed by atoms with E-state index in [4.69, 9.17) is 0 Å². The molecule has 0 radical (unpaired) electrons. The standard InChI is InChI=1S/C20H27N3O/c1-16-8-9-20(24)19(21-16)15-22(2)18-10-12-23(13-11-18)14-17-6-4-3-5-7-17/h3-9,18,24H,10-15H2,1-2H3. The summed E-state index contributed by atoms with van der Waals surface area (Å²) < 4.78 is 0. The Morgan fingerprint density at radius 1 is 1.12 bits per heavy atom. The van der Waals surface area contributed by atoms with Crippen molar-refractivity contribution in [3.63, 3.8) is 0 Å². The van der Waals surface area contributed by atoms with Gasteiger partial charge in [-0.1, -0.05) is 30.3 Å². The average Bonchev–Trinajstić information content (AvgIpc) is 2.60. The predicted octanol–water partition coefficient (Wildman–Crippen LogP) is 3.19. The van der Waals surface area contributed by atoms with Crippen molar-refractivity contribution < 1.29 is 5.11 Å². The van der Waals surface area contributed by atoms with E-state index in [-0.39, 0.29) is 0 Å². The summed E-state index contributed by atoms with van der Waals surface area (Å²) in [6.45, 7) is 5.95. The first-order valence-electron chi connectivity index (χ1n) is 8.74. The number of aryl methyl sites for hydroxylation is 1. The maximum atomic E-state index is 9.99. The molecular weight excluding hydrogens is 298 g/mol. The van der Waals surface area contributed by atoms with Gasteiger partial charge in [0.1, 0.15) is 5.75 Å². The highest BCUT2D eigenvalue weighted by Gasteiger charge is 2.23. The third-order valence-electron chi connectivity index (χ3n) is 4.92. The Morgan fingerprint density at radius 3 is 2.54 bits per heavy atom. The van der Waals surface area contributed by atoms with Gasteiger partial charge in [-0.05, 0) is 57.6 Å². The van der Waals surface area contributed by atoms with E-state index >= 15 is 0 Å². The molecule has 0 aliphatic carbocycles. The summed E-state index contributed by atoms with van der Waals surface area (Å²) in [4.78, 5) is 9.34. The minimum atomic E-state index is 0.300. The van der Waals surface area contributed by atoms with E-state index in [0.717, 1.165) is 43.9 Å². The summed E-state index contributed by atoms with van der Waals surface area (Å²) in [5, 5.41) is 9.99.